The molecule has 0 saturated carbocycles. The van der Waals surface area contributed by atoms with Gasteiger partial charge >= 0.3 is 0 Å². The molecule has 9 heteroatoms. The molecule has 1 spiro atoms. The maximum atomic E-state index is 11.4. The fourth-order valence-corrected chi connectivity index (χ4v) is 4.75. The van der Waals surface area contributed by atoms with Gasteiger partial charge in [0, 0.05) is 44.8 Å². The minimum Gasteiger partial charge on any atom is -0.341 e. The second-order valence-corrected chi connectivity index (χ2v) is 8.34. The Morgan fingerprint density at radius 3 is 2.60 bits per heavy atom. The molecule has 3 aromatic rings. The fourth-order valence-electron chi connectivity index (χ4n) is 4.75. The number of hydrogen-bond donors (Lipinski definition) is 2. The van der Waals surface area contributed by atoms with Crippen LogP contribution in [0.1, 0.15) is 35.3 Å². The van der Waals surface area contributed by atoms with Crippen molar-refractivity contribution in [3.63, 3.8) is 0 Å². The monoisotopic (exact) mass is 407 g/mol. The minimum absolute atomic E-state index is 0.244. The van der Waals surface area contributed by atoms with Crippen molar-refractivity contribution in [1.82, 2.24) is 29.7 Å². The lowest BCUT2D eigenvalue weighted by Crippen LogP contribution is -2.42. The third kappa shape index (κ3) is 3.50. The molecule has 0 unspecified atom stereocenters. The van der Waals surface area contributed by atoms with E-state index in [0.717, 1.165) is 51.2 Å². The molecule has 0 atom stereocenters. The number of likely N-dealkylation sites (tertiary alicyclic amines) is 1. The first-order chi connectivity index (χ1) is 14.7. The van der Waals surface area contributed by atoms with E-state index in [1.807, 2.05) is 24.4 Å². The summed E-state index contributed by atoms with van der Waals surface area (Å²) >= 11 is 0. The van der Waals surface area contributed by atoms with Gasteiger partial charge in [-0.1, -0.05) is 6.07 Å². The molecule has 5 rings (SSSR count). The second kappa shape index (κ2) is 7.66. The Bertz CT molecular complexity index is 1040. The van der Waals surface area contributed by atoms with Crippen LogP contribution in [0.15, 0.2) is 43.0 Å². The van der Waals surface area contributed by atoms with E-state index >= 15 is 0 Å². The van der Waals surface area contributed by atoms with Crippen molar-refractivity contribution in [3.05, 3.63) is 54.2 Å². The van der Waals surface area contributed by atoms with Gasteiger partial charge in [0.05, 0.1) is 17.5 Å². The van der Waals surface area contributed by atoms with Gasteiger partial charge in [0.1, 0.15) is 5.65 Å². The normalized spacial score (nSPS) is 18.9. The third-order valence-corrected chi connectivity index (χ3v) is 6.51. The molecular weight excluding hydrogens is 382 g/mol. The number of rotatable bonds is 4. The Labute approximate surface area is 174 Å². The standard InChI is InChI=1S/C21H25N7O2/c29-19(25-30)16-11-23-20(24-12-16)27-9-5-21(6-10-27)4-8-26(15-21)14-17-13-22-18-3-1-2-7-28(17)18/h1-3,7,11-13,30H,4-6,8-10,14-15H2,(H,25,29). The summed E-state index contributed by atoms with van der Waals surface area (Å²) in [6.07, 6.45) is 10.4. The maximum absolute atomic E-state index is 11.4. The van der Waals surface area contributed by atoms with Crippen LogP contribution in [0.2, 0.25) is 0 Å². The largest absolute Gasteiger partial charge is 0.341 e. The first-order valence-electron chi connectivity index (χ1n) is 10.3. The fraction of sp³-hybridized carbons (Fsp3) is 0.429. The number of carbonyl (C=O) groups is 1. The van der Waals surface area contributed by atoms with Crippen molar-refractivity contribution in [3.8, 4) is 0 Å². The zero-order valence-corrected chi connectivity index (χ0v) is 16.7. The predicted molar refractivity (Wildman–Crippen MR) is 110 cm³/mol. The van der Waals surface area contributed by atoms with Crippen molar-refractivity contribution in [2.24, 2.45) is 5.41 Å². The van der Waals surface area contributed by atoms with Gasteiger partial charge in [-0.2, -0.15) is 0 Å². The SMILES string of the molecule is O=C(NO)c1cnc(N2CCC3(CCN(Cc4cnc5ccccn45)C3)CC2)nc1. The Morgan fingerprint density at radius 1 is 1.07 bits per heavy atom. The van der Waals surface area contributed by atoms with E-state index in [1.165, 1.54) is 24.5 Å². The average Bonchev–Trinajstić information content (AvgIpc) is 3.38. The summed E-state index contributed by atoms with van der Waals surface area (Å²) in [4.78, 5) is 29.3. The molecular formula is C21H25N7O2. The molecule has 2 aliphatic heterocycles. The van der Waals surface area contributed by atoms with Gasteiger partial charge in [-0.15, -0.1) is 0 Å². The van der Waals surface area contributed by atoms with Crippen LogP contribution in [-0.2, 0) is 6.54 Å². The van der Waals surface area contributed by atoms with Gasteiger partial charge in [0.15, 0.2) is 0 Å². The number of piperidine rings is 1. The van der Waals surface area contributed by atoms with Crippen LogP contribution in [0, 0.1) is 5.41 Å². The number of hydroxylamine groups is 1. The highest BCUT2D eigenvalue weighted by molar-refractivity contribution is 5.92. The smallest absolute Gasteiger partial charge is 0.277 e. The lowest BCUT2D eigenvalue weighted by Gasteiger charge is -2.39. The number of fused-ring (bicyclic) bond motifs is 1. The molecule has 156 valence electrons. The molecule has 3 aromatic heterocycles. The lowest BCUT2D eigenvalue weighted by molar-refractivity contribution is 0.0705. The topological polar surface area (TPSA) is 98.9 Å². The number of amides is 1. The Kier molecular flexibility index (Phi) is 4.84. The quantitative estimate of drug-likeness (QED) is 0.502. The predicted octanol–water partition coefficient (Wildman–Crippen LogP) is 1.74. The highest BCUT2D eigenvalue weighted by Crippen LogP contribution is 2.41. The van der Waals surface area contributed by atoms with E-state index in [1.54, 1.807) is 5.48 Å². The van der Waals surface area contributed by atoms with Crippen LogP contribution >= 0.6 is 0 Å². The zero-order valence-electron chi connectivity index (χ0n) is 16.7. The molecule has 0 aliphatic carbocycles. The number of imidazole rings is 1. The molecule has 9 nitrogen and oxygen atoms in total. The van der Waals surface area contributed by atoms with Gasteiger partial charge < -0.3 is 9.30 Å². The number of anilines is 1. The molecule has 0 radical (unpaired) electrons. The van der Waals surface area contributed by atoms with E-state index in [-0.39, 0.29) is 5.56 Å². The molecule has 2 fully saturated rings. The van der Waals surface area contributed by atoms with Crippen LogP contribution < -0.4 is 10.4 Å². The van der Waals surface area contributed by atoms with Crippen molar-refractivity contribution in [1.29, 1.82) is 0 Å². The molecule has 0 aromatic carbocycles. The van der Waals surface area contributed by atoms with Crippen LogP contribution in [0.4, 0.5) is 5.95 Å². The van der Waals surface area contributed by atoms with Crippen molar-refractivity contribution in [2.75, 3.05) is 31.1 Å². The summed E-state index contributed by atoms with van der Waals surface area (Å²) in [5.74, 6) is 0.0380. The Morgan fingerprint density at radius 2 is 1.83 bits per heavy atom. The highest BCUT2D eigenvalue weighted by Gasteiger charge is 2.41. The summed E-state index contributed by atoms with van der Waals surface area (Å²) in [5.41, 5.74) is 4.43. The summed E-state index contributed by atoms with van der Waals surface area (Å²) < 4.78 is 2.17. The van der Waals surface area contributed by atoms with Gasteiger partial charge in [0.2, 0.25) is 5.95 Å². The molecule has 2 N–H and O–H groups in total. The van der Waals surface area contributed by atoms with E-state index in [2.05, 4.69) is 35.3 Å². The number of hydrogen-bond acceptors (Lipinski definition) is 7. The molecule has 30 heavy (non-hydrogen) atoms. The third-order valence-electron chi connectivity index (χ3n) is 6.51. The first-order valence-corrected chi connectivity index (χ1v) is 10.3. The maximum Gasteiger partial charge on any atom is 0.277 e. The number of carbonyl (C=O) groups excluding carboxylic acids is 1. The summed E-state index contributed by atoms with van der Waals surface area (Å²) in [7, 11) is 0. The number of nitrogens with one attached hydrogen (secondary N) is 1. The van der Waals surface area contributed by atoms with Crippen LogP contribution in [0.25, 0.3) is 5.65 Å². The highest BCUT2D eigenvalue weighted by atomic mass is 16.5. The molecule has 1 amide bonds. The first kappa shape index (κ1) is 19.0. The molecule has 5 heterocycles. The number of nitrogens with zero attached hydrogens (tertiary/aromatic N) is 6. The van der Waals surface area contributed by atoms with Gasteiger partial charge in [-0.3, -0.25) is 14.9 Å². The van der Waals surface area contributed by atoms with Gasteiger partial charge in [-0.05, 0) is 43.4 Å². The van der Waals surface area contributed by atoms with Crippen molar-refractivity contribution in [2.45, 2.75) is 25.8 Å². The number of aromatic nitrogens is 4. The Hall–Kier alpha value is -3.04. The van der Waals surface area contributed by atoms with E-state index in [9.17, 15) is 4.79 Å². The molecule has 2 aliphatic rings. The summed E-state index contributed by atoms with van der Waals surface area (Å²) in [6, 6.07) is 6.10. The van der Waals surface area contributed by atoms with Gasteiger partial charge in [0.25, 0.3) is 5.91 Å². The van der Waals surface area contributed by atoms with Crippen molar-refractivity contribution >= 4 is 17.5 Å². The van der Waals surface area contributed by atoms with E-state index in [0.29, 0.717) is 11.4 Å². The summed E-state index contributed by atoms with van der Waals surface area (Å²) in [6.45, 7) is 4.97. The second-order valence-electron chi connectivity index (χ2n) is 8.34. The van der Waals surface area contributed by atoms with Crippen LogP contribution in [0.5, 0.6) is 0 Å². The Balaban J connectivity index is 1.20. The van der Waals surface area contributed by atoms with Crippen molar-refractivity contribution < 1.29 is 10.0 Å². The zero-order chi connectivity index (χ0) is 20.6. The number of pyridine rings is 1. The molecule has 0 bridgehead atoms. The van der Waals surface area contributed by atoms with E-state index in [4.69, 9.17) is 5.21 Å². The average molecular weight is 407 g/mol. The minimum atomic E-state index is -0.601. The van der Waals surface area contributed by atoms with Gasteiger partial charge in [-0.25, -0.2) is 20.4 Å². The van der Waals surface area contributed by atoms with Crippen LogP contribution in [-0.4, -0.2) is 61.5 Å². The van der Waals surface area contributed by atoms with E-state index < -0.39 is 5.91 Å². The van der Waals surface area contributed by atoms with Crippen LogP contribution in [0.3, 0.4) is 0 Å². The molecule has 2 saturated heterocycles. The summed E-state index contributed by atoms with van der Waals surface area (Å²) in [5, 5.41) is 8.70. The lowest BCUT2D eigenvalue weighted by atomic mass is 9.78.